The molecule has 0 saturated carbocycles. The number of nitrogens with zero attached hydrogens (tertiary/aromatic N) is 3. The highest BCUT2D eigenvalue weighted by Crippen LogP contribution is 2.41. The lowest BCUT2D eigenvalue weighted by molar-refractivity contribution is 0.669. The van der Waals surface area contributed by atoms with Gasteiger partial charge in [-0.2, -0.15) is 0 Å². The third-order valence-electron chi connectivity index (χ3n) is 8.15. The van der Waals surface area contributed by atoms with E-state index in [2.05, 4.69) is 66.7 Å². The number of hydrogen-bond donors (Lipinski definition) is 0. The van der Waals surface area contributed by atoms with E-state index in [9.17, 15) is 0 Å². The Morgan fingerprint density at radius 2 is 1.02 bits per heavy atom. The molecule has 3 aromatic heterocycles. The van der Waals surface area contributed by atoms with E-state index in [4.69, 9.17) is 19.4 Å². The molecular weight excluding hydrogens is 559 g/mol. The van der Waals surface area contributed by atoms with E-state index in [-0.39, 0.29) is 0 Å². The van der Waals surface area contributed by atoms with E-state index in [0.29, 0.717) is 17.5 Å². The van der Waals surface area contributed by atoms with Gasteiger partial charge < -0.3 is 4.42 Å². The fraction of sp³-hybridized carbons (Fsp3) is 0. The summed E-state index contributed by atoms with van der Waals surface area (Å²) < 4.78 is 8.46. The van der Waals surface area contributed by atoms with Crippen LogP contribution in [0.15, 0.2) is 144 Å². The summed E-state index contributed by atoms with van der Waals surface area (Å²) in [5.74, 6) is 2.00. The molecule has 9 aromatic rings. The minimum Gasteiger partial charge on any atom is -0.456 e. The van der Waals surface area contributed by atoms with Crippen molar-refractivity contribution in [2.24, 2.45) is 0 Å². The Bertz CT molecular complexity index is 2440. The second-order valence-electron chi connectivity index (χ2n) is 10.8. The third kappa shape index (κ3) is 4.09. The van der Waals surface area contributed by atoms with Crippen molar-refractivity contribution < 1.29 is 4.42 Å². The van der Waals surface area contributed by atoms with Gasteiger partial charge in [-0.1, -0.05) is 109 Å². The van der Waals surface area contributed by atoms with Gasteiger partial charge in [-0.25, -0.2) is 15.0 Å². The minimum atomic E-state index is 0.664. The Morgan fingerprint density at radius 3 is 1.80 bits per heavy atom. The normalized spacial score (nSPS) is 11.6. The Hall–Kier alpha value is -5.65. The highest BCUT2D eigenvalue weighted by molar-refractivity contribution is 7.26. The largest absolute Gasteiger partial charge is 0.456 e. The van der Waals surface area contributed by atoms with Crippen LogP contribution in [0.4, 0.5) is 0 Å². The van der Waals surface area contributed by atoms with Crippen LogP contribution < -0.4 is 0 Å². The van der Waals surface area contributed by atoms with Gasteiger partial charge in [0.2, 0.25) is 0 Å². The van der Waals surface area contributed by atoms with Crippen LogP contribution in [0.2, 0.25) is 0 Å². The summed E-state index contributed by atoms with van der Waals surface area (Å²) >= 11 is 1.78. The number of thiophene rings is 1. The monoisotopic (exact) mass is 581 g/mol. The molecule has 0 aliphatic rings. The van der Waals surface area contributed by atoms with Crippen molar-refractivity contribution in [1.29, 1.82) is 0 Å². The van der Waals surface area contributed by atoms with Crippen LogP contribution in [0.1, 0.15) is 0 Å². The Kier molecular flexibility index (Phi) is 5.64. The van der Waals surface area contributed by atoms with Gasteiger partial charge in [0.25, 0.3) is 0 Å². The fourth-order valence-electron chi connectivity index (χ4n) is 5.99. The first-order valence-electron chi connectivity index (χ1n) is 14.5. The predicted octanol–water partition coefficient (Wildman–Crippen LogP) is 10.8. The average Bonchev–Trinajstić information content (AvgIpc) is 3.66. The van der Waals surface area contributed by atoms with E-state index in [0.717, 1.165) is 38.6 Å². The summed E-state index contributed by atoms with van der Waals surface area (Å²) in [5.41, 5.74) is 7.10. The maximum atomic E-state index is 6.07. The molecule has 5 heteroatoms. The lowest BCUT2D eigenvalue weighted by atomic mass is 10.0. The molecule has 0 radical (unpaired) electrons. The maximum Gasteiger partial charge on any atom is 0.165 e. The summed E-state index contributed by atoms with van der Waals surface area (Å²) in [6.07, 6.45) is 0. The molecule has 0 unspecified atom stereocenters. The minimum absolute atomic E-state index is 0.664. The number of furan rings is 1. The second kappa shape index (κ2) is 9.97. The van der Waals surface area contributed by atoms with Crippen molar-refractivity contribution in [3.05, 3.63) is 140 Å². The molecule has 6 aromatic carbocycles. The molecule has 4 nitrogen and oxygen atoms in total. The number of para-hydroxylation sites is 1. The molecule has 0 saturated heterocycles. The van der Waals surface area contributed by atoms with Crippen LogP contribution in [0, 0.1) is 0 Å². The van der Waals surface area contributed by atoms with E-state index in [1.54, 1.807) is 11.3 Å². The number of rotatable bonds is 4. The van der Waals surface area contributed by atoms with Crippen molar-refractivity contribution in [1.82, 2.24) is 15.0 Å². The first-order chi connectivity index (χ1) is 21.8. The molecule has 0 bridgehead atoms. The van der Waals surface area contributed by atoms with Crippen LogP contribution in [0.25, 0.3) is 87.4 Å². The molecule has 0 spiro atoms. The summed E-state index contributed by atoms with van der Waals surface area (Å²) in [6.45, 7) is 0. The van der Waals surface area contributed by atoms with Crippen LogP contribution in [0.5, 0.6) is 0 Å². The smallest absolute Gasteiger partial charge is 0.165 e. The van der Waals surface area contributed by atoms with Gasteiger partial charge in [0.15, 0.2) is 17.5 Å². The molecule has 206 valence electrons. The summed E-state index contributed by atoms with van der Waals surface area (Å²) in [4.78, 5) is 14.9. The SMILES string of the molecule is c1ccc(-c2nc(-c3ccccc3)nc(-c3cccc4c3sc3cc(-c5ccc6oc7ccccc7c6c5)ccc34)n2)cc1. The first-order valence-corrected chi connectivity index (χ1v) is 15.3. The molecule has 9 rings (SSSR count). The van der Waals surface area contributed by atoms with E-state index in [1.807, 2.05) is 72.8 Å². The molecule has 44 heavy (non-hydrogen) atoms. The molecule has 3 heterocycles. The standard InChI is InChI=1S/C39H23N3OS/c1-3-10-24(11-4-1)37-40-38(25-12-5-2-6-13-25)42-39(41-37)31-16-9-15-30-29-20-18-27(23-35(29)44-36(30)31)26-19-21-34-32(22-26)28-14-7-8-17-33(28)43-34/h1-23H. The molecule has 0 aliphatic carbocycles. The van der Waals surface area contributed by atoms with Crippen LogP contribution >= 0.6 is 11.3 Å². The zero-order chi connectivity index (χ0) is 29.0. The van der Waals surface area contributed by atoms with Gasteiger partial charge in [-0.15, -0.1) is 11.3 Å². The van der Waals surface area contributed by atoms with E-state index < -0.39 is 0 Å². The second-order valence-corrected chi connectivity index (χ2v) is 11.9. The summed E-state index contributed by atoms with van der Waals surface area (Å²) in [6, 6.07) is 48.1. The quantitative estimate of drug-likeness (QED) is 0.207. The Morgan fingerprint density at radius 1 is 0.409 bits per heavy atom. The molecule has 0 fully saturated rings. The molecule has 0 N–H and O–H groups in total. The summed E-state index contributed by atoms with van der Waals surface area (Å²) in [5, 5.41) is 4.70. The average molecular weight is 582 g/mol. The molecule has 0 atom stereocenters. The van der Waals surface area contributed by atoms with Gasteiger partial charge >= 0.3 is 0 Å². The number of hydrogen-bond acceptors (Lipinski definition) is 5. The zero-order valence-electron chi connectivity index (χ0n) is 23.4. The Balaban J connectivity index is 1.21. The molecular formula is C39H23N3OS. The highest BCUT2D eigenvalue weighted by Gasteiger charge is 2.17. The maximum absolute atomic E-state index is 6.07. The topological polar surface area (TPSA) is 51.8 Å². The highest BCUT2D eigenvalue weighted by atomic mass is 32.1. The lowest BCUT2D eigenvalue weighted by Gasteiger charge is -2.09. The summed E-state index contributed by atoms with van der Waals surface area (Å²) in [7, 11) is 0. The van der Waals surface area contributed by atoms with Crippen LogP contribution in [-0.2, 0) is 0 Å². The van der Waals surface area contributed by atoms with Crippen LogP contribution in [-0.4, -0.2) is 15.0 Å². The van der Waals surface area contributed by atoms with Gasteiger partial charge in [-0.3, -0.25) is 0 Å². The van der Waals surface area contributed by atoms with Gasteiger partial charge in [0.1, 0.15) is 11.2 Å². The van der Waals surface area contributed by atoms with Crippen molar-refractivity contribution in [3.63, 3.8) is 0 Å². The predicted molar refractivity (Wildman–Crippen MR) is 182 cm³/mol. The van der Waals surface area contributed by atoms with Crippen molar-refractivity contribution in [2.75, 3.05) is 0 Å². The third-order valence-corrected chi connectivity index (χ3v) is 9.35. The number of benzene rings is 6. The van der Waals surface area contributed by atoms with E-state index >= 15 is 0 Å². The van der Waals surface area contributed by atoms with E-state index in [1.165, 1.54) is 31.3 Å². The first kappa shape index (κ1) is 24.9. The number of fused-ring (bicyclic) bond motifs is 6. The molecule has 0 aliphatic heterocycles. The van der Waals surface area contributed by atoms with Gasteiger partial charge in [0, 0.05) is 47.6 Å². The lowest BCUT2D eigenvalue weighted by Crippen LogP contribution is -2.00. The Labute approximate surface area is 256 Å². The molecule has 0 amide bonds. The van der Waals surface area contributed by atoms with Crippen molar-refractivity contribution in [3.8, 4) is 45.3 Å². The zero-order valence-corrected chi connectivity index (χ0v) is 24.3. The number of aromatic nitrogens is 3. The van der Waals surface area contributed by atoms with Gasteiger partial charge in [-0.05, 0) is 41.5 Å². The van der Waals surface area contributed by atoms with Crippen LogP contribution in [0.3, 0.4) is 0 Å². The van der Waals surface area contributed by atoms with Gasteiger partial charge in [0.05, 0.1) is 0 Å². The fourth-order valence-corrected chi connectivity index (χ4v) is 7.24. The van der Waals surface area contributed by atoms with Crippen molar-refractivity contribution >= 4 is 53.4 Å². The van der Waals surface area contributed by atoms with Crippen molar-refractivity contribution in [2.45, 2.75) is 0 Å².